The molecule has 0 N–H and O–H groups in total. The van der Waals surface area contributed by atoms with Gasteiger partial charge in [0, 0.05) is 30.6 Å². The van der Waals surface area contributed by atoms with Crippen LogP contribution in [-0.4, -0.2) is 38.8 Å². The number of methoxy groups -OCH3 is 1. The van der Waals surface area contributed by atoms with Gasteiger partial charge in [-0.15, -0.1) is 0 Å². The maximum Gasteiger partial charge on any atom is 0.299 e. The van der Waals surface area contributed by atoms with E-state index in [0.717, 1.165) is 41.2 Å². The molecule has 170 valence electrons. The predicted molar refractivity (Wildman–Crippen MR) is 129 cm³/mol. The van der Waals surface area contributed by atoms with E-state index in [0.29, 0.717) is 18.0 Å². The summed E-state index contributed by atoms with van der Waals surface area (Å²) in [6.45, 7) is 2.36. The summed E-state index contributed by atoms with van der Waals surface area (Å²) >= 11 is 0. The first-order valence-electron chi connectivity index (χ1n) is 11.2. The summed E-state index contributed by atoms with van der Waals surface area (Å²) in [4.78, 5) is 23.7. The number of imidazole rings is 1. The zero-order valence-electron chi connectivity index (χ0n) is 19.1. The number of ether oxygens (including phenoxy) is 2. The molecular weight excluding hydrogens is 428 g/mol. The number of amides is 1. The van der Waals surface area contributed by atoms with Crippen molar-refractivity contribution in [3.8, 4) is 40.3 Å². The molecule has 7 nitrogen and oxygen atoms in total. The lowest BCUT2D eigenvalue weighted by Gasteiger charge is -2.21. The second kappa shape index (κ2) is 9.28. The lowest BCUT2D eigenvalue weighted by atomic mass is 10.1. The van der Waals surface area contributed by atoms with Crippen LogP contribution in [0.3, 0.4) is 0 Å². The van der Waals surface area contributed by atoms with Gasteiger partial charge >= 0.3 is 0 Å². The third-order valence-electron chi connectivity index (χ3n) is 5.92. The Morgan fingerprint density at radius 2 is 1.94 bits per heavy atom. The van der Waals surface area contributed by atoms with E-state index < -0.39 is 0 Å². The van der Waals surface area contributed by atoms with E-state index in [1.165, 1.54) is 0 Å². The molecule has 1 fully saturated rings. The number of rotatable bonds is 5. The summed E-state index contributed by atoms with van der Waals surface area (Å²) in [5.41, 5.74) is 2.65. The fraction of sp³-hybridized carbons (Fsp3) is 0.222. The van der Waals surface area contributed by atoms with Crippen LogP contribution >= 0.6 is 0 Å². The third-order valence-corrected chi connectivity index (χ3v) is 5.92. The van der Waals surface area contributed by atoms with E-state index in [-0.39, 0.29) is 11.9 Å². The standard InChI is InChI=1S/C27H24N4O3/c1-3-6-25(32)30-15-5-9-23(30)27-29-26(24-18-28-14-16-31(24)27)19-10-12-20(13-11-19)34-22-8-4-7-21(17-22)33-2/h4,7-8,10-14,16-18,23H,5,9,15H2,1-2H3/t23-/m0/s1. The number of aromatic nitrogens is 3. The molecule has 0 unspecified atom stereocenters. The van der Waals surface area contributed by atoms with E-state index in [1.807, 2.05) is 64.0 Å². The Balaban J connectivity index is 1.47. The van der Waals surface area contributed by atoms with Gasteiger partial charge in [0.1, 0.15) is 23.1 Å². The highest BCUT2D eigenvalue weighted by molar-refractivity contribution is 5.94. The molecule has 7 heteroatoms. The van der Waals surface area contributed by atoms with E-state index in [2.05, 4.69) is 16.8 Å². The number of likely N-dealkylation sites (tertiary alicyclic amines) is 1. The zero-order valence-corrected chi connectivity index (χ0v) is 19.1. The summed E-state index contributed by atoms with van der Waals surface area (Å²) in [5.74, 6) is 8.21. The minimum atomic E-state index is -0.156. The predicted octanol–water partition coefficient (Wildman–Crippen LogP) is 4.88. The van der Waals surface area contributed by atoms with Gasteiger partial charge in [0.15, 0.2) is 0 Å². The molecule has 0 saturated carbocycles. The second-order valence-electron chi connectivity index (χ2n) is 7.99. The van der Waals surface area contributed by atoms with Gasteiger partial charge in [-0.05, 0) is 62.1 Å². The van der Waals surface area contributed by atoms with Gasteiger partial charge in [-0.1, -0.05) is 12.0 Å². The summed E-state index contributed by atoms with van der Waals surface area (Å²) in [6.07, 6.45) is 7.21. The van der Waals surface area contributed by atoms with Gasteiger partial charge in [0.25, 0.3) is 5.91 Å². The molecule has 2 aromatic heterocycles. The number of carbonyl (C=O) groups is 1. The van der Waals surface area contributed by atoms with Crippen LogP contribution in [0, 0.1) is 11.8 Å². The maximum absolute atomic E-state index is 12.6. The summed E-state index contributed by atoms with van der Waals surface area (Å²) in [6, 6.07) is 15.2. The van der Waals surface area contributed by atoms with Gasteiger partial charge in [-0.25, -0.2) is 4.98 Å². The van der Waals surface area contributed by atoms with Crippen molar-refractivity contribution in [1.29, 1.82) is 0 Å². The molecule has 34 heavy (non-hydrogen) atoms. The van der Waals surface area contributed by atoms with Crippen molar-refractivity contribution in [2.24, 2.45) is 0 Å². The molecule has 0 spiro atoms. The average Bonchev–Trinajstić information content (AvgIpc) is 3.50. The van der Waals surface area contributed by atoms with E-state index in [4.69, 9.17) is 14.5 Å². The molecule has 0 aliphatic carbocycles. The highest BCUT2D eigenvalue weighted by Gasteiger charge is 2.33. The minimum absolute atomic E-state index is 0.118. The van der Waals surface area contributed by atoms with Crippen LogP contribution in [-0.2, 0) is 4.79 Å². The summed E-state index contributed by atoms with van der Waals surface area (Å²) < 4.78 is 13.3. The first kappa shape index (κ1) is 21.5. The zero-order chi connectivity index (χ0) is 23.5. The maximum atomic E-state index is 12.6. The van der Waals surface area contributed by atoms with E-state index >= 15 is 0 Å². The van der Waals surface area contributed by atoms with Crippen molar-refractivity contribution >= 4 is 11.4 Å². The van der Waals surface area contributed by atoms with Crippen LogP contribution in [0.25, 0.3) is 16.8 Å². The lowest BCUT2D eigenvalue weighted by Crippen LogP contribution is -2.30. The van der Waals surface area contributed by atoms with Gasteiger partial charge in [0.05, 0.1) is 30.6 Å². The highest BCUT2D eigenvalue weighted by atomic mass is 16.5. The Labute approximate surface area is 198 Å². The minimum Gasteiger partial charge on any atom is -0.497 e. The summed E-state index contributed by atoms with van der Waals surface area (Å²) in [5, 5.41) is 0. The smallest absolute Gasteiger partial charge is 0.299 e. The Hall–Kier alpha value is -4.31. The van der Waals surface area contributed by atoms with Crippen LogP contribution in [0.15, 0.2) is 67.1 Å². The third kappa shape index (κ3) is 4.06. The van der Waals surface area contributed by atoms with Gasteiger partial charge in [-0.2, -0.15) is 0 Å². The number of nitrogens with zero attached hydrogens (tertiary/aromatic N) is 4. The van der Waals surface area contributed by atoms with Crippen LogP contribution < -0.4 is 9.47 Å². The Kier molecular flexibility index (Phi) is 5.88. The van der Waals surface area contributed by atoms with Crippen molar-refractivity contribution in [3.63, 3.8) is 0 Å². The van der Waals surface area contributed by atoms with Gasteiger partial charge < -0.3 is 14.4 Å². The monoisotopic (exact) mass is 452 g/mol. The largest absolute Gasteiger partial charge is 0.497 e. The molecule has 0 radical (unpaired) electrons. The first-order valence-corrected chi connectivity index (χ1v) is 11.2. The molecule has 3 heterocycles. The molecule has 2 aromatic carbocycles. The van der Waals surface area contributed by atoms with Crippen molar-refractivity contribution in [3.05, 3.63) is 72.9 Å². The molecule has 1 saturated heterocycles. The summed E-state index contributed by atoms with van der Waals surface area (Å²) in [7, 11) is 1.63. The van der Waals surface area contributed by atoms with Crippen LogP contribution in [0.1, 0.15) is 31.6 Å². The van der Waals surface area contributed by atoms with Gasteiger partial charge in [-0.3, -0.25) is 14.2 Å². The number of benzene rings is 2. The topological polar surface area (TPSA) is 69.0 Å². The quantitative estimate of drug-likeness (QED) is 0.404. The Morgan fingerprint density at radius 3 is 2.74 bits per heavy atom. The Morgan fingerprint density at radius 1 is 1.12 bits per heavy atom. The molecule has 1 atom stereocenters. The van der Waals surface area contributed by atoms with Crippen LogP contribution in [0.2, 0.25) is 0 Å². The van der Waals surface area contributed by atoms with Crippen LogP contribution in [0.4, 0.5) is 0 Å². The van der Waals surface area contributed by atoms with Crippen LogP contribution in [0.5, 0.6) is 17.2 Å². The number of hydrogen-bond donors (Lipinski definition) is 0. The molecule has 1 amide bonds. The molecule has 1 aliphatic heterocycles. The second-order valence-corrected chi connectivity index (χ2v) is 7.99. The fourth-order valence-electron chi connectivity index (χ4n) is 4.35. The number of hydrogen-bond acceptors (Lipinski definition) is 5. The number of carbonyl (C=O) groups excluding carboxylic acids is 1. The fourth-order valence-corrected chi connectivity index (χ4v) is 4.35. The number of fused-ring (bicyclic) bond motifs is 1. The van der Waals surface area contributed by atoms with Crippen molar-refractivity contribution < 1.29 is 14.3 Å². The average molecular weight is 453 g/mol. The molecule has 5 rings (SSSR count). The highest BCUT2D eigenvalue weighted by Crippen LogP contribution is 2.35. The van der Waals surface area contributed by atoms with Crippen molar-refractivity contribution in [2.75, 3.05) is 13.7 Å². The molecule has 1 aliphatic rings. The van der Waals surface area contributed by atoms with E-state index in [9.17, 15) is 4.79 Å². The lowest BCUT2D eigenvalue weighted by molar-refractivity contribution is -0.126. The van der Waals surface area contributed by atoms with E-state index in [1.54, 1.807) is 26.4 Å². The van der Waals surface area contributed by atoms with Crippen molar-refractivity contribution in [2.45, 2.75) is 25.8 Å². The SMILES string of the molecule is CC#CC(=O)N1CCC[C@H]1c1nc(-c2ccc(Oc3cccc(OC)c3)cc2)c2cnccn12. The Bertz CT molecular complexity index is 1400. The molecular formula is C27H24N4O3. The van der Waals surface area contributed by atoms with Crippen molar-refractivity contribution in [1.82, 2.24) is 19.3 Å². The first-order chi connectivity index (χ1) is 16.7. The normalized spacial score (nSPS) is 15.1. The van der Waals surface area contributed by atoms with Gasteiger partial charge in [0.2, 0.25) is 0 Å². The molecule has 0 bridgehead atoms. The molecule has 4 aromatic rings.